The normalized spacial score (nSPS) is 11.1. The van der Waals surface area contributed by atoms with Crippen LogP contribution in [0.25, 0.3) is 0 Å². The van der Waals surface area contributed by atoms with Crippen LogP contribution < -0.4 is 10.1 Å². The zero-order chi connectivity index (χ0) is 19.4. The molecule has 0 aliphatic rings. The van der Waals surface area contributed by atoms with Crippen molar-refractivity contribution in [2.45, 2.75) is 13.1 Å². The summed E-state index contributed by atoms with van der Waals surface area (Å²) in [7, 11) is 0. The Morgan fingerprint density at radius 1 is 1.04 bits per heavy atom. The van der Waals surface area contributed by atoms with Gasteiger partial charge in [0.05, 0.1) is 11.3 Å². The lowest BCUT2D eigenvalue weighted by Gasteiger charge is -2.15. The number of anilines is 1. The van der Waals surface area contributed by atoms with Crippen molar-refractivity contribution in [2.75, 3.05) is 5.32 Å². The Morgan fingerprint density at radius 2 is 1.78 bits per heavy atom. The lowest BCUT2D eigenvalue weighted by molar-refractivity contribution is -0.137. The Bertz CT molecular complexity index is 960. The molecular weight excluding hydrogens is 359 g/mol. The minimum absolute atomic E-state index is 0.00408. The quantitative estimate of drug-likeness (QED) is 0.710. The molecule has 0 radical (unpaired) electrons. The Kier molecular flexibility index (Phi) is 5.07. The molecule has 3 aromatic rings. The van der Waals surface area contributed by atoms with Crippen LogP contribution in [0.2, 0.25) is 0 Å². The SMILES string of the molecule is Cc1nccc(C(=O)Nc2ccc(Oc3ccccc3)cc2C(F)(F)F)n1. The lowest BCUT2D eigenvalue weighted by atomic mass is 10.1. The van der Waals surface area contributed by atoms with Gasteiger partial charge in [-0.15, -0.1) is 0 Å². The molecule has 3 rings (SSSR count). The Balaban J connectivity index is 1.89. The molecule has 1 aromatic heterocycles. The number of alkyl halides is 3. The van der Waals surface area contributed by atoms with E-state index >= 15 is 0 Å². The fraction of sp³-hybridized carbons (Fsp3) is 0.105. The van der Waals surface area contributed by atoms with Crippen molar-refractivity contribution >= 4 is 11.6 Å². The van der Waals surface area contributed by atoms with E-state index in [0.29, 0.717) is 11.6 Å². The molecule has 138 valence electrons. The molecular formula is C19H14F3N3O2. The molecule has 1 amide bonds. The number of aromatic nitrogens is 2. The number of nitrogens with one attached hydrogen (secondary N) is 1. The van der Waals surface area contributed by atoms with Crippen molar-refractivity contribution in [3.8, 4) is 11.5 Å². The van der Waals surface area contributed by atoms with Crippen LogP contribution >= 0.6 is 0 Å². The second kappa shape index (κ2) is 7.45. The van der Waals surface area contributed by atoms with E-state index in [-0.39, 0.29) is 17.1 Å². The number of aryl methyl sites for hydroxylation is 1. The van der Waals surface area contributed by atoms with Gasteiger partial charge in [-0.1, -0.05) is 18.2 Å². The van der Waals surface area contributed by atoms with Gasteiger partial charge in [-0.3, -0.25) is 4.79 Å². The molecule has 0 atom stereocenters. The predicted molar refractivity (Wildman–Crippen MR) is 92.7 cm³/mol. The van der Waals surface area contributed by atoms with Crippen molar-refractivity contribution in [3.63, 3.8) is 0 Å². The van der Waals surface area contributed by atoms with Crippen LogP contribution in [0.15, 0.2) is 60.8 Å². The molecule has 0 saturated heterocycles. The highest BCUT2D eigenvalue weighted by atomic mass is 19.4. The van der Waals surface area contributed by atoms with E-state index in [1.807, 2.05) is 0 Å². The highest BCUT2D eigenvalue weighted by molar-refractivity contribution is 6.03. The van der Waals surface area contributed by atoms with Crippen molar-refractivity contribution in [1.29, 1.82) is 0 Å². The monoisotopic (exact) mass is 373 g/mol. The molecule has 0 fully saturated rings. The Labute approximate surface area is 152 Å². The first-order chi connectivity index (χ1) is 12.8. The first kappa shape index (κ1) is 18.4. The van der Waals surface area contributed by atoms with Gasteiger partial charge in [-0.05, 0) is 43.3 Å². The van der Waals surface area contributed by atoms with Crippen LogP contribution in [-0.2, 0) is 6.18 Å². The smallest absolute Gasteiger partial charge is 0.418 e. The molecule has 0 bridgehead atoms. The molecule has 8 heteroatoms. The number of halogens is 3. The maximum atomic E-state index is 13.5. The number of amides is 1. The average Bonchev–Trinajstić information content (AvgIpc) is 2.63. The highest BCUT2D eigenvalue weighted by Gasteiger charge is 2.34. The maximum Gasteiger partial charge on any atom is 0.418 e. The van der Waals surface area contributed by atoms with Gasteiger partial charge in [0.1, 0.15) is 23.0 Å². The van der Waals surface area contributed by atoms with E-state index in [1.54, 1.807) is 37.3 Å². The molecule has 1 N–H and O–H groups in total. The molecule has 1 heterocycles. The third kappa shape index (κ3) is 4.60. The summed E-state index contributed by atoms with van der Waals surface area (Å²) >= 11 is 0. The van der Waals surface area contributed by atoms with E-state index < -0.39 is 17.6 Å². The molecule has 27 heavy (non-hydrogen) atoms. The van der Waals surface area contributed by atoms with Crippen molar-refractivity contribution in [3.05, 3.63) is 77.9 Å². The van der Waals surface area contributed by atoms with Crippen molar-refractivity contribution in [1.82, 2.24) is 9.97 Å². The molecule has 2 aromatic carbocycles. The average molecular weight is 373 g/mol. The lowest BCUT2D eigenvalue weighted by Crippen LogP contribution is -2.18. The molecule has 0 aliphatic heterocycles. The maximum absolute atomic E-state index is 13.5. The predicted octanol–water partition coefficient (Wildman–Crippen LogP) is 4.85. The van der Waals surface area contributed by atoms with Crippen molar-refractivity contribution < 1.29 is 22.7 Å². The van der Waals surface area contributed by atoms with Crippen LogP contribution in [0.3, 0.4) is 0 Å². The third-order valence-corrected chi connectivity index (χ3v) is 3.53. The van der Waals surface area contributed by atoms with Gasteiger partial charge in [0.25, 0.3) is 5.91 Å². The van der Waals surface area contributed by atoms with Crippen LogP contribution in [0.5, 0.6) is 11.5 Å². The summed E-state index contributed by atoms with van der Waals surface area (Å²) in [5.41, 5.74) is -1.43. The summed E-state index contributed by atoms with van der Waals surface area (Å²) in [6.07, 6.45) is -3.32. The number of nitrogens with zero attached hydrogens (tertiary/aromatic N) is 2. The van der Waals surface area contributed by atoms with Gasteiger partial charge in [-0.2, -0.15) is 13.2 Å². The molecule has 0 unspecified atom stereocenters. The van der Waals surface area contributed by atoms with Gasteiger partial charge in [0.15, 0.2) is 0 Å². The van der Waals surface area contributed by atoms with Gasteiger partial charge in [-0.25, -0.2) is 9.97 Å². The molecule has 5 nitrogen and oxygen atoms in total. The molecule has 0 spiro atoms. The number of carbonyl (C=O) groups excluding carboxylic acids is 1. The second-order valence-electron chi connectivity index (χ2n) is 5.56. The van der Waals surface area contributed by atoms with Crippen LogP contribution in [0, 0.1) is 6.92 Å². The van der Waals surface area contributed by atoms with E-state index in [9.17, 15) is 18.0 Å². The zero-order valence-electron chi connectivity index (χ0n) is 14.1. The summed E-state index contributed by atoms with van der Waals surface area (Å²) in [5.74, 6) is -0.0173. The van der Waals surface area contributed by atoms with E-state index in [0.717, 1.165) is 12.1 Å². The van der Waals surface area contributed by atoms with Gasteiger partial charge in [0.2, 0.25) is 0 Å². The Hall–Kier alpha value is -3.42. The van der Waals surface area contributed by atoms with Gasteiger partial charge >= 0.3 is 6.18 Å². The minimum atomic E-state index is -4.68. The van der Waals surface area contributed by atoms with E-state index in [2.05, 4.69) is 15.3 Å². The zero-order valence-corrected chi connectivity index (χ0v) is 14.1. The number of para-hydroxylation sites is 1. The Morgan fingerprint density at radius 3 is 2.44 bits per heavy atom. The third-order valence-electron chi connectivity index (χ3n) is 3.53. The number of hydrogen-bond acceptors (Lipinski definition) is 4. The second-order valence-corrected chi connectivity index (χ2v) is 5.56. The van der Waals surface area contributed by atoms with Gasteiger partial charge < -0.3 is 10.1 Å². The summed E-state index contributed by atoms with van der Waals surface area (Å²) in [6.45, 7) is 1.58. The summed E-state index contributed by atoms with van der Waals surface area (Å²) in [5, 5.41) is 2.25. The number of ether oxygens (including phenoxy) is 1. The molecule has 0 saturated carbocycles. The standard InChI is InChI=1S/C19H14F3N3O2/c1-12-23-10-9-17(24-12)18(26)25-16-8-7-14(11-15(16)19(20,21)22)27-13-5-3-2-4-6-13/h2-11H,1H3,(H,25,26). The van der Waals surface area contributed by atoms with Crippen LogP contribution in [0.4, 0.5) is 18.9 Å². The number of hydrogen-bond donors (Lipinski definition) is 1. The summed E-state index contributed by atoms with van der Waals surface area (Å²) in [4.78, 5) is 20.0. The van der Waals surface area contributed by atoms with E-state index in [4.69, 9.17) is 4.74 Å². The first-order valence-electron chi connectivity index (χ1n) is 7.88. The topological polar surface area (TPSA) is 64.1 Å². The fourth-order valence-corrected chi connectivity index (χ4v) is 2.32. The summed E-state index contributed by atoms with van der Waals surface area (Å²) in [6, 6.07) is 13.1. The van der Waals surface area contributed by atoms with Crippen molar-refractivity contribution in [2.24, 2.45) is 0 Å². The van der Waals surface area contributed by atoms with E-state index in [1.165, 1.54) is 18.3 Å². The minimum Gasteiger partial charge on any atom is -0.457 e. The first-order valence-corrected chi connectivity index (χ1v) is 7.88. The summed E-state index contributed by atoms with van der Waals surface area (Å²) < 4.78 is 45.8. The van der Waals surface area contributed by atoms with Crippen LogP contribution in [-0.4, -0.2) is 15.9 Å². The molecule has 0 aliphatic carbocycles. The largest absolute Gasteiger partial charge is 0.457 e. The number of rotatable bonds is 4. The number of carbonyl (C=O) groups is 1. The number of benzene rings is 2. The van der Waals surface area contributed by atoms with Crippen LogP contribution in [0.1, 0.15) is 21.9 Å². The highest BCUT2D eigenvalue weighted by Crippen LogP contribution is 2.38. The van der Waals surface area contributed by atoms with Gasteiger partial charge in [0, 0.05) is 6.20 Å². The fourth-order valence-electron chi connectivity index (χ4n) is 2.32.